The molecule has 27 heavy (non-hydrogen) atoms. The molecule has 0 radical (unpaired) electrons. The van der Waals surface area contributed by atoms with Gasteiger partial charge in [0.25, 0.3) is 0 Å². The van der Waals surface area contributed by atoms with Crippen LogP contribution in [-0.2, 0) is 18.4 Å². The molecule has 0 spiro atoms. The molecule has 0 aromatic carbocycles. The second kappa shape index (κ2) is 8.00. The van der Waals surface area contributed by atoms with Gasteiger partial charge in [-0.1, -0.05) is 25.3 Å². The fraction of sp³-hybridized carbons (Fsp3) is 0.650. The average Bonchev–Trinajstić information content (AvgIpc) is 3.34. The first-order valence-electron chi connectivity index (χ1n) is 10.1. The van der Waals surface area contributed by atoms with Crippen LogP contribution in [0.3, 0.4) is 0 Å². The lowest BCUT2D eigenvalue weighted by atomic mass is 9.73. The van der Waals surface area contributed by atoms with Gasteiger partial charge in [0, 0.05) is 36.3 Å². The highest BCUT2D eigenvalue weighted by Gasteiger charge is 2.35. The highest BCUT2D eigenvalue weighted by molar-refractivity contribution is 7.10. The molecule has 7 heteroatoms. The molecule has 3 heterocycles. The summed E-state index contributed by atoms with van der Waals surface area (Å²) < 4.78 is 2.04. The van der Waals surface area contributed by atoms with E-state index in [1.807, 2.05) is 30.0 Å². The number of nitrogens with zero attached hydrogens (tertiary/aromatic N) is 4. The van der Waals surface area contributed by atoms with Crippen molar-refractivity contribution in [3.8, 4) is 0 Å². The van der Waals surface area contributed by atoms with E-state index in [2.05, 4.69) is 43.2 Å². The third kappa shape index (κ3) is 4.03. The van der Waals surface area contributed by atoms with Gasteiger partial charge >= 0.3 is 0 Å². The molecule has 0 amide bonds. The second-order valence-electron chi connectivity index (χ2n) is 7.88. The predicted octanol–water partition coefficient (Wildman–Crippen LogP) is 3.03. The Labute approximate surface area is 165 Å². The Morgan fingerprint density at radius 1 is 1.37 bits per heavy atom. The lowest BCUT2D eigenvalue weighted by Crippen LogP contribution is -2.50. The van der Waals surface area contributed by atoms with Crippen LogP contribution in [0.4, 0.5) is 0 Å². The first-order valence-corrected chi connectivity index (χ1v) is 11.0. The minimum absolute atomic E-state index is 0.257. The number of thiophene rings is 1. The molecule has 6 nitrogen and oxygen atoms in total. The lowest BCUT2D eigenvalue weighted by Gasteiger charge is -2.37. The van der Waals surface area contributed by atoms with Gasteiger partial charge in [-0.2, -0.15) is 5.10 Å². The SMILES string of the molecule is CN=C(NCC1(c2cccs2)CCCCC1)NC1CCc2nc(C)nn2C1. The van der Waals surface area contributed by atoms with Crippen molar-refractivity contribution < 1.29 is 0 Å². The van der Waals surface area contributed by atoms with E-state index in [4.69, 9.17) is 0 Å². The lowest BCUT2D eigenvalue weighted by molar-refractivity contribution is 0.295. The van der Waals surface area contributed by atoms with Crippen LogP contribution in [0.1, 0.15) is 55.1 Å². The van der Waals surface area contributed by atoms with Crippen molar-refractivity contribution in [2.75, 3.05) is 13.6 Å². The zero-order valence-corrected chi connectivity index (χ0v) is 17.2. The fourth-order valence-corrected chi connectivity index (χ4v) is 5.50. The number of hydrogen-bond donors (Lipinski definition) is 2. The van der Waals surface area contributed by atoms with Gasteiger partial charge in [-0.3, -0.25) is 4.99 Å². The van der Waals surface area contributed by atoms with Gasteiger partial charge in [-0.05, 0) is 37.6 Å². The summed E-state index contributed by atoms with van der Waals surface area (Å²) in [4.78, 5) is 10.5. The zero-order chi connectivity index (χ0) is 18.7. The van der Waals surface area contributed by atoms with Crippen LogP contribution in [0.25, 0.3) is 0 Å². The smallest absolute Gasteiger partial charge is 0.191 e. The molecule has 1 aliphatic carbocycles. The van der Waals surface area contributed by atoms with Crippen molar-refractivity contribution in [1.29, 1.82) is 0 Å². The predicted molar refractivity (Wildman–Crippen MR) is 110 cm³/mol. The van der Waals surface area contributed by atoms with Crippen molar-refractivity contribution in [2.45, 2.75) is 69.9 Å². The van der Waals surface area contributed by atoms with E-state index >= 15 is 0 Å². The summed E-state index contributed by atoms with van der Waals surface area (Å²) in [5.74, 6) is 2.87. The number of hydrogen-bond acceptors (Lipinski definition) is 4. The number of aromatic nitrogens is 3. The summed E-state index contributed by atoms with van der Waals surface area (Å²) in [6, 6.07) is 4.83. The van der Waals surface area contributed by atoms with Crippen LogP contribution in [0.15, 0.2) is 22.5 Å². The van der Waals surface area contributed by atoms with Gasteiger partial charge in [0.1, 0.15) is 11.6 Å². The van der Waals surface area contributed by atoms with Crippen LogP contribution < -0.4 is 10.6 Å². The van der Waals surface area contributed by atoms with Gasteiger partial charge in [0.2, 0.25) is 0 Å². The van der Waals surface area contributed by atoms with Crippen LogP contribution in [0, 0.1) is 6.92 Å². The molecule has 0 bridgehead atoms. The maximum absolute atomic E-state index is 4.51. The van der Waals surface area contributed by atoms with Crippen LogP contribution >= 0.6 is 11.3 Å². The highest BCUT2D eigenvalue weighted by Crippen LogP contribution is 2.41. The van der Waals surface area contributed by atoms with Crippen molar-refractivity contribution in [3.63, 3.8) is 0 Å². The van der Waals surface area contributed by atoms with E-state index in [9.17, 15) is 0 Å². The molecule has 2 aliphatic rings. The third-order valence-electron chi connectivity index (χ3n) is 5.98. The minimum Gasteiger partial charge on any atom is -0.355 e. The summed E-state index contributed by atoms with van der Waals surface area (Å²) >= 11 is 1.90. The summed E-state index contributed by atoms with van der Waals surface area (Å²) in [6.07, 6.45) is 8.57. The highest BCUT2D eigenvalue weighted by atomic mass is 32.1. The molecule has 146 valence electrons. The van der Waals surface area contributed by atoms with E-state index in [1.165, 1.54) is 37.0 Å². The largest absolute Gasteiger partial charge is 0.355 e. The molecule has 1 fully saturated rings. The number of guanidine groups is 1. The summed E-state index contributed by atoms with van der Waals surface area (Å²) in [7, 11) is 1.86. The molecule has 1 aliphatic heterocycles. The Hall–Kier alpha value is -1.89. The van der Waals surface area contributed by atoms with Gasteiger partial charge in [-0.15, -0.1) is 11.3 Å². The van der Waals surface area contributed by atoms with Crippen LogP contribution in [-0.4, -0.2) is 40.4 Å². The molecule has 2 N–H and O–H groups in total. The van der Waals surface area contributed by atoms with E-state index < -0.39 is 0 Å². The molecular formula is C20H30N6S. The number of aryl methyl sites for hydroxylation is 2. The van der Waals surface area contributed by atoms with Crippen LogP contribution in [0.5, 0.6) is 0 Å². The Balaban J connectivity index is 1.39. The Morgan fingerprint density at radius 2 is 2.22 bits per heavy atom. The third-order valence-corrected chi connectivity index (χ3v) is 7.09. The van der Waals surface area contributed by atoms with Crippen LogP contribution in [0.2, 0.25) is 0 Å². The summed E-state index contributed by atoms with van der Waals surface area (Å²) in [6.45, 7) is 3.77. The van der Waals surface area contributed by atoms with Crippen molar-refractivity contribution >= 4 is 17.3 Å². The number of rotatable bonds is 4. The van der Waals surface area contributed by atoms with Gasteiger partial charge < -0.3 is 10.6 Å². The van der Waals surface area contributed by atoms with Crippen molar-refractivity contribution in [2.24, 2.45) is 4.99 Å². The van der Waals surface area contributed by atoms with E-state index in [0.29, 0.717) is 6.04 Å². The Kier molecular flexibility index (Phi) is 5.48. The van der Waals surface area contributed by atoms with Gasteiger partial charge in [-0.25, -0.2) is 9.67 Å². The molecule has 1 unspecified atom stereocenters. The van der Waals surface area contributed by atoms with Gasteiger partial charge in [0.15, 0.2) is 5.96 Å². The van der Waals surface area contributed by atoms with Crippen molar-refractivity contribution in [3.05, 3.63) is 34.0 Å². The van der Waals surface area contributed by atoms with Crippen molar-refractivity contribution in [1.82, 2.24) is 25.4 Å². The van der Waals surface area contributed by atoms with E-state index in [-0.39, 0.29) is 5.41 Å². The molecule has 1 saturated carbocycles. The molecule has 1 atom stereocenters. The molecule has 4 rings (SSSR count). The normalized spacial score (nSPS) is 22.3. The van der Waals surface area contributed by atoms with E-state index in [0.717, 1.165) is 43.5 Å². The average molecular weight is 387 g/mol. The van der Waals surface area contributed by atoms with Gasteiger partial charge in [0.05, 0.1) is 6.54 Å². The zero-order valence-electron chi connectivity index (χ0n) is 16.4. The topological polar surface area (TPSA) is 67.1 Å². The first-order chi connectivity index (χ1) is 13.2. The molecular weight excluding hydrogens is 356 g/mol. The number of fused-ring (bicyclic) bond motifs is 1. The maximum atomic E-state index is 4.51. The number of nitrogens with one attached hydrogen (secondary N) is 2. The molecule has 2 aromatic heterocycles. The molecule has 0 saturated heterocycles. The Bertz CT molecular complexity index is 773. The first kappa shape index (κ1) is 18.5. The quantitative estimate of drug-likeness (QED) is 0.626. The standard InChI is InChI=1S/C20H30N6S/c1-15-23-18-9-8-16(13-26(18)25-15)24-19(21-2)22-14-20(10-4-3-5-11-20)17-7-6-12-27-17/h6-7,12,16H,3-5,8-11,13-14H2,1-2H3,(H2,21,22,24). The second-order valence-corrected chi connectivity index (χ2v) is 8.83. The summed E-state index contributed by atoms with van der Waals surface area (Å²) in [5, 5.41) is 14.0. The maximum Gasteiger partial charge on any atom is 0.191 e. The molecule has 2 aromatic rings. The Morgan fingerprint density at radius 3 is 2.96 bits per heavy atom. The summed E-state index contributed by atoms with van der Waals surface area (Å²) in [5.41, 5.74) is 0.257. The van der Waals surface area contributed by atoms with E-state index in [1.54, 1.807) is 0 Å². The minimum atomic E-state index is 0.257. The fourth-order valence-electron chi connectivity index (χ4n) is 4.51. The number of aliphatic imine (C=N–C) groups is 1. The monoisotopic (exact) mass is 386 g/mol.